The van der Waals surface area contributed by atoms with E-state index in [1.165, 1.54) is 13.0 Å². The normalized spacial score (nSPS) is 20.9. The molecule has 2 aliphatic rings. The van der Waals surface area contributed by atoms with Gasteiger partial charge in [-0.3, -0.25) is 4.79 Å². The van der Waals surface area contributed by atoms with E-state index in [-0.39, 0.29) is 24.5 Å². The molecule has 0 radical (unpaired) electrons. The Morgan fingerprint density at radius 1 is 1.42 bits per heavy atom. The van der Waals surface area contributed by atoms with Gasteiger partial charge in [0.15, 0.2) is 12.0 Å². The molecule has 0 aromatic heterocycles. The van der Waals surface area contributed by atoms with Gasteiger partial charge in [0, 0.05) is 25.7 Å². The van der Waals surface area contributed by atoms with Gasteiger partial charge in [0.2, 0.25) is 0 Å². The van der Waals surface area contributed by atoms with Crippen molar-refractivity contribution in [3.05, 3.63) is 36.5 Å². The monoisotopic (exact) mass is 336 g/mol. The molecule has 1 aromatic rings. The molecule has 130 valence electrons. The SMILES string of the molecule is C=C1O[C@@H](COC(C)=O)CN1c1ccc(N2CCOCC2)c(F)c1. The van der Waals surface area contributed by atoms with Gasteiger partial charge < -0.3 is 24.0 Å². The van der Waals surface area contributed by atoms with Gasteiger partial charge in [-0.2, -0.15) is 0 Å². The van der Waals surface area contributed by atoms with Crippen molar-refractivity contribution in [3.63, 3.8) is 0 Å². The van der Waals surface area contributed by atoms with E-state index in [2.05, 4.69) is 6.58 Å². The highest BCUT2D eigenvalue weighted by molar-refractivity contribution is 5.66. The third kappa shape index (κ3) is 3.62. The lowest BCUT2D eigenvalue weighted by molar-refractivity contribution is -0.143. The van der Waals surface area contributed by atoms with Crippen LogP contribution in [0.5, 0.6) is 0 Å². The minimum atomic E-state index is -0.358. The zero-order valence-corrected chi connectivity index (χ0v) is 13.7. The van der Waals surface area contributed by atoms with Crippen LogP contribution >= 0.6 is 0 Å². The molecular weight excluding hydrogens is 315 g/mol. The Labute approximate surface area is 140 Å². The van der Waals surface area contributed by atoms with Crippen LogP contribution in [0.3, 0.4) is 0 Å². The number of carbonyl (C=O) groups is 1. The largest absolute Gasteiger partial charge is 0.470 e. The number of hydrogen-bond donors (Lipinski definition) is 0. The van der Waals surface area contributed by atoms with Crippen molar-refractivity contribution < 1.29 is 23.4 Å². The van der Waals surface area contributed by atoms with Crippen LogP contribution in [0.15, 0.2) is 30.7 Å². The minimum Gasteiger partial charge on any atom is -0.470 e. The summed E-state index contributed by atoms with van der Waals surface area (Å²) in [4.78, 5) is 14.6. The minimum absolute atomic E-state index is 0.152. The summed E-state index contributed by atoms with van der Waals surface area (Å²) in [7, 11) is 0. The molecule has 0 saturated carbocycles. The zero-order valence-electron chi connectivity index (χ0n) is 13.7. The lowest BCUT2D eigenvalue weighted by Crippen LogP contribution is -2.36. The van der Waals surface area contributed by atoms with Gasteiger partial charge in [0.1, 0.15) is 12.4 Å². The summed E-state index contributed by atoms with van der Waals surface area (Å²) in [6.07, 6.45) is -0.302. The summed E-state index contributed by atoms with van der Waals surface area (Å²) in [6.45, 7) is 8.38. The molecule has 6 nitrogen and oxygen atoms in total. The van der Waals surface area contributed by atoms with Crippen LogP contribution in [0, 0.1) is 5.82 Å². The number of ether oxygens (including phenoxy) is 3. The van der Waals surface area contributed by atoms with Gasteiger partial charge >= 0.3 is 5.97 Å². The van der Waals surface area contributed by atoms with Crippen molar-refractivity contribution in [1.82, 2.24) is 0 Å². The molecule has 2 heterocycles. The third-order valence-corrected chi connectivity index (χ3v) is 4.06. The van der Waals surface area contributed by atoms with Gasteiger partial charge in [-0.15, -0.1) is 0 Å². The quantitative estimate of drug-likeness (QED) is 0.783. The predicted molar refractivity (Wildman–Crippen MR) is 87.4 cm³/mol. The number of hydrogen-bond acceptors (Lipinski definition) is 6. The zero-order chi connectivity index (χ0) is 17.1. The van der Waals surface area contributed by atoms with E-state index in [1.54, 1.807) is 11.0 Å². The second kappa shape index (κ2) is 7.09. The average Bonchev–Trinajstić information content (AvgIpc) is 2.94. The first-order valence-corrected chi connectivity index (χ1v) is 7.93. The number of rotatable bonds is 4. The van der Waals surface area contributed by atoms with E-state index in [1.807, 2.05) is 11.0 Å². The predicted octanol–water partition coefficient (Wildman–Crippen LogP) is 1.90. The third-order valence-electron chi connectivity index (χ3n) is 4.06. The fourth-order valence-electron chi connectivity index (χ4n) is 2.87. The summed E-state index contributed by atoms with van der Waals surface area (Å²) in [5, 5.41) is 0. The number of morpholine rings is 1. The molecule has 1 aromatic carbocycles. The Morgan fingerprint density at radius 2 is 2.17 bits per heavy atom. The maximum absolute atomic E-state index is 14.5. The van der Waals surface area contributed by atoms with Crippen LogP contribution in [-0.2, 0) is 19.0 Å². The highest BCUT2D eigenvalue weighted by Crippen LogP contribution is 2.30. The smallest absolute Gasteiger partial charge is 0.302 e. The van der Waals surface area contributed by atoms with Gasteiger partial charge in [0.05, 0.1) is 25.4 Å². The van der Waals surface area contributed by atoms with Gasteiger partial charge in [-0.1, -0.05) is 0 Å². The van der Waals surface area contributed by atoms with Crippen LogP contribution < -0.4 is 9.80 Å². The molecule has 0 unspecified atom stereocenters. The van der Waals surface area contributed by atoms with E-state index in [0.717, 1.165) is 0 Å². The van der Waals surface area contributed by atoms with Gasteiger partial charge in [-0.05, 0) is 24.8 Å². The number of esters is 1. The number of nitrogens with zero attached hydrogens (tertiary/aromatic N) is 2. The van der Waals surface area contributed by atoms with Crippen molar-refractivity contribution in [2.75, 3.05) is 49.3 Å². The Balaban J connectivity index is 1.69. The Morgan fingerprint density at radius 3 is 2.83 bits per heavy atom. The molecule has 0 N–H and O–H groups in total. The molecule has 0 aliphatic carbocycles. The summed E-state index contributed by atoms with van der Waals surface area (Å²) < 4.78 is 30.3. The summed E-state index contributed by atoms with van der Waals surface area (Å²) in [5.74, 6) is -0.222. The maximum atomic E-state index is 14.5. The summed E-state index contributed by atoms with van der Waals surface area (Å²) >= 11 is 0. The molecule has 0 bridgehead atoms. The molecule has 24 heavy (non-hydrogen) atoms. The molecule has 3 rings (SSSR count). The molecule has 1 atom stereocenters. The number of benzene rings is 1. The van der Waals surface area contributed by atoms with Crippen LogP contribution in [0.4, 0.5) is 15.8 Å². The highest BCUT2D eigenvalue weighted by Gasteiger charge is 2.29. The fourth-order valence-corrected chi connectivity index (χ4v) is 2.87. The topological polar surface area (TPSA) is 51.2 Å². The Hall–Kier alpha value is -2.28. The van der Waals surface area contributed by atoms with E-state index in [4.69, 9.17) is 14.2 Å². The van der Waals surface area contributed by atoms with Crippen LogP contribution in [0.1, 0.15) is 6.92 Å². The van der Waals surface area contributed by atoms with Gasteiger partial charge in [-0.25, -0.2) is 4.39 Å². The molecule has 7 heteroatoms. The van der Waals surface area contributed by atoms with Crippen molar-refractivity contribution in [3.8, 4) is 0 Å². The first-order chi connectivity index (χ1) is 11.5. The van der Waals surface area contributed by atoms with E-state index in [0.29, 0.717) is 50.1 Å². The van der Waals surface area contributed by atoms with Crippen molar-refractivity contribution in [1.29, 1.82) is 0 Å². The number of carbonyl (C=O) groups excluding carboxylic acids is 1. The molecular formula is C17H21FN2O4. The fraction of sp³-hybridized carbons (Fsp3) is 0.471. The Bertz CT molecular complexity index is 631. The van der Waals surface area contributed by atoms with Crippen molar-refractivity contribution in [2.45, 2.75) is 13.0 Å². The van der Waals surface area contributed by atoms with Crippen LogP contribution in [-0.4, -0.2) is 51.5 Å². The van der Waals surface area contributed by atoms with Crippen molar-refractivity contribution in [2.24, 2.45) is 0 Å². The van der Waals surface area contributed by atoms with E-state index < -0.39 is 0 Å². The van der Waals surface area contributed by atoms with Crippen molar-refractivity contribution >= 4 is 17.3 Å². The lowest BCUT2D eigenvalue weighted by Gasteiger charge is -2.29. The van der Waals surface area contributed by atoms with Gasteiger partial charge in [0.25, 0.3) is 0 Å². The maximum Gasteiger partial charge on any atom is 0.302 e. The molecule has 2 fully saturated rings. The number of anilines is 2. The first kappa shape index (κ1) is 16.6. The molecule has 0 spiro atoms. The second-order valence-electron chi connectivity index (χ2n) is 5.78. The van der Waals surface area contributed by atoms with Crippen LogP contribution in [0.25, 0.3) is 0 Å². The van der Waals surface area contributed by atoms with E-state index in [9.17, 15) is 9.18 Å². The molecule has 0 amide bonds. The standard InChI is InChI=1S/C17H21FN2O4/c1-12-20(10-15(24-12)11-23-13(2)21)14-3-4-17(16(18)9-14)19-5-7-22-8-6-19/h3-4,9,15H,1,5-8,10-11H2,2H3/t15-/m1/s1. The molecule has 2 aliphatic heterocycles. The molecule has 2 saturated heterocycles. The summed E-state index contributed by atoms with van der Waals surface area (Å²) in [6, 6.07) is 5.09. The Kier molecular flexibility index (Phi) is 4.89. The highest BCUT2D eigenvalue weighted by atomic mass is 19.1. The number of halogens is 1. The van der Waals surface area contributed by atoms with E-state index >= 15 is 0 Å². The summed E-state index contributed by atoms with van der Waals surface area (Å²) in [5.41, 5.74) is 1.24. The lowest BCUT2D eigenvalue weighted by atomic mass is 10.2. The first-order valence-electron chi connectivity index (χ1n) is 7.93. The second-order valence-corrected chi connectivity index (χ2v) is 5.78. The average molecular weight is 336 g/mol. The van der Waals surface area contributed by atoms with Crippen LogP contribution in [0.2, 0.25) is 0 Å².